The average Bonchev–Trinajstić information content (AvgIpc) is 2.55. The van der Waals surface area contributed by atoms with Gasteiger partial charge in [0.25, 0.3) is 0 Å². The summed E-state index contributed by atoms with van der Waals surface area (Å²) in [6.45, 7) is 9.67. The molecule has 0 aromatic rings. The van der Waals surface area contributed by atoms with E-state index in [1.54, 1.807) is 0 Å². The Balaban J connectivity index is 2.32. The highest BCUT2D eigenvalue weighted by Gasteiger charge is 2.33. The smallest absolute Gasteiger partial charge is 0.0817 e. The molecule has 0 amide bonds. The highest BCUT2D eigenvalue weighted by molar-refractivity contribution is 4.82. The van der Waals surface area contributed by atoms with Gasteiger partial charge in [-0.2, -0.15) is 0 Å². The zero-order valence-electron chi connectivity index (χ0n) is 10.5. The maximum Gasteiger partial charge on any atom is 0.0817 e. The van der Waals surface area contributed by atoms with Crippen molar-refractivity contribution >= 4 is 0 Å². The highest BCUT2D eigenvalue weighted by atomic mass is 16.6. The largest absolute Gasteiger partial charge is 0.371 e. The van der Waals surface area contributed by atoms with Crippen molar-refractivity contribution in [3.05, 3.63) is 0 Å². The topological polar surface area (TPSA) is 44.5 Å². The molecule has 90 valence electrons. The van der Waals surface area contributed by atoms with Crippen molar-refractivity contribution in [2.75, 3.05) is 13.2 Å². The fourth-order valence-electron chi connectivity index (χ4n) is 1.79. The molecule has 2 N–H and O–H groups in total. The number of nitrogens with two attached hydrogens (primary N) is 1. The summed E-state index contributed by atoms with van der Waals surface area (Å²) in [5, 5.41) is 0. The van der Waals surface area contributed by atoms with Crippen molar-refractivity contribution in [3.63, 3.8) is 0 Å². The summed E-state index contributed by atoms with van der Waals surface area (Å²) >= 11 is 0. The highest BCUT2D eigenvalue weighted by Crippen LogP contribution is 2.30. The molecule has 0 bridgehead atoms. The lowest BCUT2D eigenvalue weighted by Gasteiger charge is -2.29. The zero-order valence-corrected chi connectivity index (χ0v) is 10.5. The molecule has 1 rings (SSSR count). The van der Waals surface area contributed by atoms with Gasteiger partial charge in [-0.15, -0.1) is 0 Å². The summed E-state index contributed by atoms with van der Waals surface area (Å²) < 4.78 is 11.7. The lowest BCUT2D eigenvalue weighted by atomic mass is 10.0. The van der Waals surface area contributed by atoms with Crippen LogP contribution in [-0.4, -0.2) is 30.5 Å². The molecule has 0 aliphatic carbocycles. The molecular formula is C12H25NO2. The van der Waals surface area contributed by atoms with Crippen LogP contribution in [0.4, 0.5) is 0 Å². The van der Waals surface area contributed by atoms with E-state index in [1.807, 2.05) is 0 Å². The summed E-state index contributed by atoms with van der Waals surface area (Å²) in [6, 6.07) is 0. The third-order valence-corrected chi connectivity index (χ3v) is 3.35. The monoisotopic (exact) mass is 215 g/mol. The molecule has 2 unspecified atom stereocenters. The van der Waals surface area contributed by atoms with E-state index in [4.69, 9.17) is 15.2 Å². The van der Waals surface area contributed by atoms with Crippen molar-refractivity contribution in [2.45, 2.75) is 64.3 Å². The minimum atomic E-state index is -0.184. The van der Waals surface area contributed by atoms with E-state index in [9.17, 15) is 0 Å². The van der Waals surface area contributed by atoms with Gasteiger partial charge in [0.1, 0.15) is 0 Å². The lowest BCUT2D eigenvalue weighted by Crippen LogP contribution is -2.39. The summed E-state index contributed by atoms with van der Waals surface area (Å²) in [7, 11) is 0. The Hall–Kier alpha value is -0.120. The van der Waals surface area contributed by atoms with Gasteiger partial charge < -0.3 is 15.2 Å². The first-order valence-corrected chi connectivity index (χ1v) is 5.93. The predicted octanol–water partition coefficient (Wildman–Crippen LogP) is 2.09. The van der Waals surface area contributed by atoms with Crippen LogP contribution in [0.25, 0.3) is 0 Å². The first-order valence-electron chi connectivity index (χ1n) is 5.93. The summed E-state index contributed by atoms with van der Waals surface area (Å²) in [4.78, 5) is 0. The third kappa shape index (κ3) is 3.74. The molecular weight excluding hydrogens is 190 g/mol. The van der Waals surface area contributed by atoms with Gasteiger partial charge in [-0.1, -0.05) is 6.92 Å². The van der Waals surface area contributed by atoms with Crippen LogP contribution in [0.15, 0.2) is 0 Å². The Morgan fingerprint density at radius 2 is 2.20 bits per heavy atom. The van der Waals surface area contributed by atoms with Crippen molar-refractivity contribution in [1.29, 1.82) is 0 Å². The first kappa shape index (κ1) is 12.9. The van der Waals surface area contributed by atoms with E-state index in [0.717, 1.165) is 19.3 Å². The molecule has 1 aliphatic rings. The summed E-state index contributed by atoms with van der Waals surface area (Å²) in [5.41, 5.74) is 5.53. The van der Waals surface area contributed by atoms with Gasteiger partial charge in [-0.25, -0.2) is 0 Å². The molecule has 1 fully saturated rings. The predicted molar refractivity (Wildman–Crippen MR) is 61.9 cm³/mol. The Bertz CT molecular complexity index is 200. The fraction of sp³-hybridized carbons (Fsp3) is 1.00. The minimum Gasteiger partial charge on any atom is -0.371 e. The SMILES string of the molecule is CCC(C)(CN)OCC1CCC(C)(C)O1. The van der Waals surface area contributed by atoms with E-state index in [-0.39, 0.29) is 17.3 Å². The van der Waals surface area contributed by atoms with Gasteiger partial charge in [-0.3, -0.25) is 0 Å². The van der Waals surface area contributed by atoms with Crippen LogP contribution in [-0.2, 0) is 9.47 Å². The third-order valence-electron chi connectivity index (χ3n) is 3.35. The van der Waals surface area contributed by atoms with Gasteiger partial charge in [0.05, 0.1) is 23.9 Å². The molecule has 1 saturated heterocycles. The maximum atomic E-state index is 5.87. The van der Waals surface area contributed by atoms with E-state index in [2.05, 4.69) is 27.7 Å². The second-order valence-corrected chi connectivity index (χ2v) is 5.36. The number of hydrogen-bond donors (Lipinski definition) is 1. The van der Waals surface area contributed by atoms with Gasteiger partial charge >= 0.3 is 0 Å². The van der Waals surface area contributed by atoms with Crippen LogP contribution >= 0.6 is 0 Å². The second kappa shape index (κ2) is 4.81. The number of ether oxygens (including phenoxy) is 2. The van der Waals surface area contributed by atoms with Crippen LogP contribution < -0.4 is 5.73 Å². The van der Waals surface area contributed by atoms with Crippen LogP contribution in [0.3, 0.4) is 0 Å². The molecule has 3 nitrogen and oxygen atoms in total. The van der Waals surface area contributed by atoms with E-state index < -0.39 is 0 Å². The standard InChI is InChI=1S/C12H25NO2/c1-5-12(4,9-13)14-8-10-6-7-11(2,3)15-10/h10H,5-9,13H2,1-4H3. The van der Waals surface area contributed by atoms with E-state index in [0.29, 0.717) is 13.2 Å². The van der Waals surface area contributed by atoms with Crippen LogP contribution in [0.5, 0.6) is 0 Å². The molecule has 1 aliphatic heterocycles. The van der Waals surface area contributed by atoms with Crippen LogP contribution in [0, 0.1) is 0 Å². The first-order chi connectivity index (χ1) is 6.91. The van der Waals surface area contributed by atoms with Gasteiger partial charge in [0, 0.05) is 6.54 Å². The quantitative estimate of drug-likeness (QED) is 0.763. The molecule has 3 heteroatoms. The maximum absolute atomic E-state index is 5.87. The number of rotatable bonds is 5. The van der Waals surface area contributed by atoms with E-state index in [1.165, 1.54) is 0 Å². The molecule has 0 aromatic heterocycles. The molecule has 1 heterocycles. The Labute approximate surface area is 93.3 Å². The Morgan fingerprint density at radius 3 is 2.60 bits per heavy atom. The van der Waals surface area contributed by atoms with Crippen LogP contribution in [0.2, 0.25) is 0 Å². The van der Waals surface area contributed by atoms with Crippen molar-refractivity contribution in [1.82, 2.24) is 0 Å². The van der Waals surface area contributed by atoms with Gasteiger partial charge in [0.2, 0.25) is 0 Å². The zero-order chi connectivity index (χ0) is 11.5. The van der Waals surface area contributed by atoms with Gasteiger partial charge in [-0.05, 0) is 40.0 Å². The van der Waals surface area contributed by atoms with Crippen molar-refractivity contribution < 1.29 is 9.47 Å². The number of hydrogen-bond acceptors (Lipinski definition) is 3. The Kier molecular flexibility index (Phi) is 4.15. The molecule has 0 spiro atoms. The van der Waals surface area contributed by atoms with Gasteiger partial charge in [0.15, 0.2) is 0 Å². The minimum absolute atomic E-state index is 0.0271. The van der Waals surface area contributed by atoms with Crippen molar-refractivity contribution in [3.8, 4) is 0 Å². The summed E-state index contributed by atoms with van der Waals surface area (Å²) in [5.74, 6) is 0. The van der Waals surface area contributed by atoms with Crippen LogP contribution in [0.1, 0.15) is 47.0 Å². The molecule has 0 aromatic carbocycles. The lowest BCUT2D eigenvalue weighted by molar-refractivity contribution is -0.0994. The molecule has 2 atom stereocenters. The Morgan fingerprint density at radius 1 is 1.53 bits per heavy atom. The summed E-state index contributed by atoms with van der Waals surface area (Å²) in [6.07, 6.45) is 3.40. The average molecular weight is 215 g/mol. The van der Waals surface area contributed by atoms with Crippen molar-refractivity contribution in [2.24, 2.45) is 5.73 Å². The second-order valence-electron chi connectivity index (χ2n) is 5.36. The fourth-order valence-corrected chi connectivity index (χ4v) is 1.79. The molecule has 0 radical (unpaired) electrons. The molecule has 15 heavy (non-hydrogen) atoms. The van der Waals surface area contributed by atoms with E-state index >= 15 is 0 Å². The normalized spacial score (nSPS) is 29.0. The molecule has 0 saturated carbocycles.